The van der Waals surface area contributed by atoms with Crippen molar-refractivity contribution in [1.82, 2.24) is 0 Å². The maximum Gasteiger partial charge on any atom is 0.335 e. The molecule has 0 bridgehead atoms. The van der Waals surface area contributed by atoms with Crippen molar-refractivity contribution < 1.29 is 19.8 Å². The molecule has 0 fully saturated rings. The Morgan fingerprint density at radius 1 is 0.850 bits per heavy atom. The second kappa shape index (κ2) is 4.38. The van der Waals surface area contributed by atoms with E-state index in [2.05, 4.69) is 5.32 Å². The molecule has 0 radical (unpaired) electrons. The van der Waals surface area contributed by atoms with Crippen molar-refractivity contribution in [2.45, 2.75) is 6.42 Å². The molecule has 1 aliphatic rings. The third kappa shape index (κ3) is 1.99. The van der Waals surface area contributed by atoms with E-state index in [0.29, 0.717) is 6.42 Å². The summed E-state index contributed by atoms with van der Waals surface area (Å²) in [4.78, 5) is 21.9. The Bertz CT molecular complexity index is 673. The first-order chi connectivity index (χ1) is 9.54. The number of carboxylic acid groups (broad SMARTS) is 2. The van der Waals surface area contributed by atoms with Crippen LogP contribution in [0.3, 0.4) is 0 Å². The lowest BCUT2D eigenvalue weighted by Gasteiger charge is -2.22. The molecule has 0 atom stereocenters. The maximum atomic E-state index is 11.0. The Morgan fingerprint density at radius 3 is 2.20 bits per heavy atom. The van der Waals surface area contributed by atoms with Crippen molar-refractivity contribution in [1.29, 1.82) is 0 Å². The first kappa shape index (κ1) is 12.2. The van der Waals surface area contributed by atoms with E-state index in [-0.39, 0.29) is 11.1 Å². The highest BCUT2D eigenvalue weighted by Gasteiger charge is 2.18. The SMILES string of the molecule is O=C(O)c1ccc2c(c1)Cc1ccc(C(=O)O)cc1N2. The number of hydrogen-bond acceptors (Lipinski definition) is 3. The van der Waals surface area contributed by atoms with Gasteiger partial charge >= 0.3 is 11.9 Å². The minimum absolute atomic E-state index is 0.224. The van der Waals surface area contributed by atoms with Gasteiger partial charge in [0.2, 0.25) is 0 Å². The fraction of sp³-hybridized carbons (Fsp3) is 0.0667. The van der Waals surface area contributed by atoms with E-state index < -0.39 is 11.9 Å². The molecule has 2 aromatic carbocycles. The molecule has 0 spiro atoms. The molecule has 2 aromatic rings. The lowest BCUT2D eigenvalue weighted by molar-refractivity contribution is 0.0686. The van der Waals surface area contributed by atoms with E-state index in [1.165, 1.54) is 6.07 Å². The van der Waals surface area contributed by atoms with Gasteiger partial charge in [-0.1, -0.05) is 6.07 Å². The van der Waals surface area contributed by atoms with Gasteiger partial charge in [-0.15, -0.1) is 0 Å². The van der Waals surface area contributed by atoms with Crippen LogP contribution in [-0.4, -0.2) is 22.2 Å². The van der Waals surface area contributed by atoms with Gasteiger partial charge in [-0.3, -0.25) is 0 Å². The van der Waals surface area contributed by atoms with Gasteiger partial charge in [0.25, 0.3) is 0 Å². The van der Waals surface area contributed by atoms with Gasteiger partial charge in [0, 0.05) is 17.8 Å². The van der Waals surface area contributed by atoms with Crippen LogP contribution in [0.4, 0.5) is 11.4 Å². The summed E-state index contributed by atoms with van der Waals surface area (Å²) in [5.74, 6) is -1.93. The zero-order chi connectivity index (χ0) is 14.3. The third-order valence-corrected chi connectivity index (χ3v) is 3.36. The predicted octanol–water partition coefficient (Wildman–Crippen LogP) is 2.73. The number of carboxylic acids is 2. The summed E-state index contributed by atoms with van der Waals surface area (Å²) in [5, 5.41) is 21.1. The Kier molecular flexibility index (Phi) is 2.68. The molecule has 0 aliphatic carbocycles. The van der Waals surface area contributed by atoms with Crippen LogP contribution in [0.1, 0.15) is 31.8 Å². The van der Waals surface area contributed by atoms with Crippen LogP contribution in [0, 0.1) is 0 Å². The van der Waals surface area contributed by atoms with Crippen LogP contribution in [0.15, 0.2) is 36.4 Å². The highest BCUT2D eigenvalue weighted by Crippen LogP contribution is 2.33. The van der Waals surface area contributed by atoms with Gasteiger partial charge in [0.15, 0.2) is 0 Å². The molecular weight excluding hydrogens is 258 g/mol. The fourth-order valence-corrected chi connectivity index (χ4v) is 2.33. The van der Waals surface area contributed by atoms with Crippen LogP contribution in [0.25, 0.3) is 0 Å². The van der Waals surface area contributed by atoms with Gasteiger partial charge in [0.1, 0.15) is 0 Å². The van der Waals surface area contributed by atoms with Gasteiger partial charge in [0.05, 0.1) is 11.1 Å². The highest BCUT2D eigenvalue weighted by atomic mass is 16.4. The second-order valence-electron chi connectivity index (χ2n) is 4.66. The normalized spacial score (nSPS) is 12.0. The number of anilines is 2. The van der Waals surface area contributed by atoms with Crippen LogP contribution in [-0.2, 0) is 6.42 Å². The minimum Gasteiger partial charge on any atom is -0.478 e. The minimum atomic E-state index is -0.971. The topological polar surface area (TPSA) is 86.6 Å². The van der Waals surface area contributed by atoms with Crippen molar-refractivity contribution in [3.05, 3.63) is 58.7 Å². The highest BCUT2D eigenvalue weighted by molar-refractivity contribution is 5.91. The van der Waals surface area contributed by atoms with Crippen LogP contribution < -0.4 is 5.32 Å². The summed E-state index contributed by atoms with van der Waals surface area (Å²) in [6.45, 7) is 0. The first-order valence-corrected chi connectivity index (χ1v) is 6.04. The monoisotopic (exact) mass is 269 g/mol. The molecule has 0 saturated carbocycles. The number of rotatable bonds is 2. The lowest BCUT2D eigenvalue weighted by atomic mass is 9.94. The number of carbonyl (C=O) groups is 2. The molecule has 0 unspecified atom stereocenters. The first-order valence-electron chi connectivity index (χ1n) is 6.04. The zero-order valence-electron chi connectivity index (χ0n) is 10.4. The quantitative estimate of drug-likeness (QED) is 0.666. The molecule has 20 heavy (non-hydrogen) atoms. The van der Waals surface area contributed by atoms with E-state index in [9.17, 15) is 9.59 Å². The van der Waals surface area contributed by atoms with E-state index in [4.69, 9.17) is 10.2 Å². The number of benzene rings is 2. The molecule has 1 heterocycles. The second-order valence-corrected chi connectivity index (χ2v) is 4.66. The fourth-order valence-electron chi connectivity index (χ4n) is 2.33. The van der Waals surface area contributed by atoms with Gasteiger partial charge in [-0.2, -0.15) is 0 Å². The molecule has 0 aromatic heterocycles. The summed E-state index contributed by atoms with van der Waals surface area (Å²) in [6.07, 6.45) is 0.582. The van der Waals surface area contributed by atoms with Gasteiger partial charge in [-0.05, 0) is 41.5 Å². The molecular formula is C15H11NO4. The molecule has 0 amide bonds. The van der Waals surface area contributed by atoms with Crippen LogP contribution in [0.2, 0.25) is 0 Å². The maximum absolute atomic E-state index is 11.0. The number of nitrogens with one attached hydrogen (secondary N) is 1. The lowest BCUT2D eigenvalue weighted by Crippen LogP contribution is -2.10. The van der Waals surface area contributed by atoms with Crippen LogP contribution in [0.5, 0.6) is 0 Å². The van der Waals surface area contributed by atoms with Crippen molar-refractivity contribution in [3.63, 3.8) is 0 Å². The molecule has 3 N–H and O–H groups in total. The van der Waals surface area contributed by atoms with Crippen molar-refractivity contribution in [2.24, 2.45) is 0 Å². The smallest absolute Gasteiger partial charge is 0.335 e. The summed E-state index contributed by atoms with van der Waals surface area (Å²) < 4.78 is 0. The Morgan fingerprint density at radius 2 is 1.50 bits per heavy atom. The Hall–Kier alpha value is -2.82. The largest absolute Gasteiger partial charge is 0.478 e. The summed E-state index contributed by atoms with van der Waals surface area (Å²) in [7, 11) is 0. The average Bonchev–Trinajstić information content (AvgIpc) is 2.43. The van der Waals surface area contributed by atoms with E-state index >= 15 is 0 Å². The summed E-state index contributed by atoms with van der Waals surface area (Å²) in [5.41, 5.74) is 3.87. The molecule has 1 aliphatic heterocycles. The predicted molar refractivity (Wildman–Crippen MR) is 72.9 cm³/mol. The molecule has 5 heteroatoms. The van der Waals surface area contributed by atoms with E-state index in [1.807, 2.05) is 0 Å². The molecule has 0 saturated heterocycles. The zero-order valence-corrected chi connectivity index (χ0v) is 10.4. The van der Waals surface area contributed by atoms with Gasteiger partial charge < -0.3 is 15.5 Å². The van der Waals surface area contributed by atoms with Gasteiger partial charge in [-0.25, -0.2) is 9.59 Å². The van der Waals surface area contributed by atoms with E-state index in [1.54, 1.807) is 30.3 Å². The Labute approximate surface area is 114 Å². The summed E-state index contributed by atoms with van der Waals surface area (Å²) in [6, 6.07) is 9.76. The molecule has 3 rings (SSSR count). The van der Waals surface area contributed by atoms with Crippen molar-refractivity contribution in [3.8, 4) is 0 Å². The molecule has 5 nitrogen and oxygen atoms in total. The number of hydrogen-bond donors (Lipinski definition) is 3. The van der Waals surface area contributed by atoms with E-state index in [0.717, 1.165) is 22.5 Å². The standard InChI is InChI=1S/C15H11NO4/c17-14(18)9-3-4-12-11(6-9)5-8-1-2-10(15(19)20)7-13(8)16-12/h1-4,6-7,16H,5H2,(H,17,18)(H,19,20). The Balaban J connectivity index is 2.02. The third-order valence-electron chi connectivity index (χ3n) is 3.36. The number of aromatic carboxylic acids is 2. The van der Waals surface area contributed by atoms with Crippen molar-refractivity contribution >= 4 is 23.3 Å². The van der Waals surface area contributed by atoms with Crippen LogP contribution >= 0.6 is 0 Å². The van der Waals surface area contributed by atoms with Crippen molar-refractivity contribution in [2.75, 3.05) is 5.32 Å². The average molecular weight is 269 g/mol. The summed E-state index contributed by atoms with van der Waals surface area (Å²) >= 11 is 0. The number of fused-ring (bicyclic) bond motifs is 2. The molecule has 100 valence electrons.